The maximum atomic E-state index is 7.31. The van der Waals surface area contributed by atoms with Crippen LogP contribution in [0.25, 0.3) is 39.7 Å². The summed E-state index contributed by atoms with van der Waals surface area (Å²) in [5.74, 6) is 0. The fraction of sp³-hybridized carbons (Fsp3) is 0.654. The molecule has 0 saturated carbocycles. The molecule has 1 aromatic carbocycles. The molecule has 6 heteroatoms. The van der Waals surface area contributed by atoms with Crippen molar-refractivity contribution in [2.45, 2.75) is 220 Å². The highest BCUT2D eigenvalue weighted by Crippen LogP contribution is 2.51. The highest BCUT2D eigenvalue weighted by atomic mass is 35.5. The second kappa shape index (κ2) is 27.2. The third-order valence-electron chi connectivity index (χ3n) is 12.2. The average Bonchev–Trinajstić information content (AvgIpc) is 4.02. The molecule has 0 spiro atoms. The Hall–Kier alpha value is -0.880. The molecule has 4 heterocycles. The highest BCUT2D eigenvalue weighted by molar-refractivity contribution is 7.28. The van der Waals surface area contributed by atoms with Crippen molar-refractivity contribution >= 4 is 88.7 Å². The third kappa shape index (κ3) is 15.2. The Balaban J connectivity index is 1.09. The van der Waals surface area contributed by atoms with Crippen LogP contribution in [0, 0.1) is 13.8 Å². The van der Waals surface area contributed by atoms with Gasteiger partial charge in [0.15, 0.2) is 0 Å². The predicted octanol–water partition coefficient (Wildman–Crippen LogP) is 21.5. The number of rotatable bonds is 32. The minimum atomic E-state index is 0.872. The van der Waals surface area contributed by atoms with Crippen molar-refractivity contribution in [3.8, 4) is 19.5 Å². The van der Waals surface area contributed by atoms with Crippen molar-refractivity contribution in [2.24, 2.45) is 0 Å². The first-order valence-electron chi connectivity index (χ1n) is 23.9. The van der Waals surface area contributed by atoms with Crippen molar-refractivity contribution < 1.29 is 0 Å². The highest BCUT2D eigenvalue weighted by Gasteiger charge is 2.22. The summed E-state index contributed by atoms with van der Waals surface area (Å²) in [5.41, 5.74) is 3.01. The zero-order chi connectivity index (χ0) is 41.0. The molecule has 0 amide bonds. The molecular weight excluding hydrogens is 824 g/mol. The van der Waals surface area contributed by atoms with Gasteiger partial charge in [-0.3, -0.25) is 0 Å². The Bertz CT molecular complexity index is 1700. The van der Waals surface area contributed by atoms with Crippen LogP contribution < -0.4 is 0 Å². The number of benzene rings is 1. The lowest BCUT2D eigenvalue weighted by atomic mass is 10.0. The van der Waals surface area contributed by atoms with E-state index < -0.39 is 0 Å². The van der Waals surface area contributed by atoms with Gasteiger partial charge in [0.05, 0.1) is 19.4 Å². The molecule has 0 radical (unpaired) electrons. The lowest BCUT2D eigenvalue weighted by molar-refractivity contribution is 0.535. The van der Waals surface area contributed by atoms with E-state index in [9.17, 15) is 0 Å². The van der Waals surface area contributed by atoms with Crippen molar-refractivity contribution in [3.63, 3.8) is 0 Å². The van der Waals surface area contributed by atoms with Crippen LogP contribution in [0.15, 0.2) is 24.3 Å². The molecule has 4 aromatic heterocycles. The molecule has 5 rings (SSSR count). The van der Waals surface area contributed by atoms with Crippen LogP contribution in [0.5, 0.6) is 0 Å². The molecule has 0 fully saturated rings. The Morgan fingerprint density at radius 2 is 0.638 bits per heavy atom. The third-order valence-corrected chi connectivity index (χ3v) is 18.1. The summed E-state index contributed by atoms with van der Waals surface area (Å²) in [5, 5.41) is 3.98. The summed E-state index contributed by atoms with van der Waals surface area (Å²) in [6.07, 6.45) is 41.5. The van der Waals surface area contributed by atoms with E-state index >= 15 is 0 Å². The van der Waals surface area contributed by atoms with Gasteiger partial charge in [0.2, 0.25) is 0 Å². The van der Waals surface area contributed by atoms with Crippen LogP contribution in [0.4, 0.5) is 0 Å². The van der Waals surface area contributed by atoms with Gasteiger partial charge in [-0.1, -0.05) is 204 Å². The molecule has 0 N–H and O–H groups in total. The normalized spacial score (nSPS) is 12.0. The monoisotopic (exact) mass is 898 g/mol. The fourth-order valence-corrected chi connectivity index (χ4v) is 14.3. The molecule has 322 valence electrons. The number of halogens is 2. The topological polar surface area (TPSA) is 0 Å². The molecule has 0 aliphatic carbocycles. The summed E-state index contributed by atoms with van der Waals surface area (Å²) >= 11 is 22.2. The van der Waals surface area contributed by atoms with Crippen LogP contribution in [0.1, 0.15) is 215 Å². The molecule has 0 unspecified atom stereocenters. The molecular formula is C52H76Cl2S4. The van der Waals surface area contributed by atoms with Crippen molar-refractivity contribution in [3.05, 3.63) is 55.2 Å². The second-order valence-corrected chi connectivity index (χ2v) is 22.8. The molecule has 0 nitrogen and oxygen atoms in total. The molecule has 0 saturated heterocycles. The summed E-state index contributed by atoms with van der Waals surface area (Å²) in [6, 6.07) is 9.53. The average molecular weight is 900 g/mol. The van der Waals surface area contributed by atoms with Crippen molar-refractivity contribution in [1.82, 2.24) is 0 Å². The lowest BCUT2D eigenvalue weighted by Crippen LogP contribution is -1.87. The molecule has 0 aliphatic rings. The van der Waals surface area contributed by atoms with E-state index in [4.69, 9.17) is 23.2 Å². The molecule has 58 heavy (non-hydrogen) atoms. The first-order valence-corrected chi connectivity index (χ1v) is 28.0. The molecule has 0 atom stereocenters. The van der Waals surface area contributed by atoms with Crippen LogP contribution in [0.2, 0.25) is 10.0 Å². The predicted molar refractivity (Wildman–Crippen MR) is 271 cm³/mol. The molecule has 5 aromatic rings. The summed E-state index contributed by atoms with van der Waals surface area (Å²) in [6.45, 7) is 9.12. The van der Waals surface area contributed by atoms with Crippen LogP contribution in [-0.4, -0.2) is 0 Å². The minimum Gasteiger partial charge on any atom is -0.139 e. The van der Waals surface area contributed by atoms with Crippen LogP contribution in [0.3, 0.4) is 0 Å². The zero-order valence-electron chi connectivity index (χ0n) is 36.9. The number of hydrogen-bond acceptors (Lipinski definition) is 4. The Morgan fingerprint density at radius 3 is 0.931 bits per heavy atom. The summed E-state index contributed by atoms with van der Waals surface area (Å²) in [7, 11) is 0. The second-order valence-electron chi connectivity index (χ2n) is 17.5. The van der Waals surface area contributed by atoms with Gasteiger partial charge in [-0.2, -0.15) is 0 Å². The van der Waals surface area contributed by atoms with Gasteiger partial charge < -0.3 is 0 Å². The van der Waals surface area contributed by atoms with Crippen molar-refractivity contribution in [1.29, 1.82) is 0 Å². The van der Waals surface area contributed by atoms with Crippen molar-refractivity contribution in [2.75, 3.05) is 0 Å². The van der Waals surface area contributed by atoms with Gasteiger partial charge in [-0.25, -0.2) is 0 Å². The SMILES string of the molecule is CCCCCCCCCCCCCCCCc1cc(C)sc1-c1cc2c(Cl)c3sc(-c4sc(C)cc4CCCCCCCCCCCCCCCC)cc3c(Cl)c2s1. The quantitative estimate of drug-likeness (QED) is 0.0377. The van der Waals surface area contributed by atoms with E-state index in [-0.39, 0.29) is 0 Å². The van der Waals surface area contributed by atoms with Gasteiger partial charge in [-0.15, -0.1) is 45.3 Å². The fourth-order valence-electron chi connectivity index (χ4n) is 8.84. The molecule has 0 bridgehead atoms. The number of hydrogen-bond donors (Lipinski definition) is 0. The molecule has 0 aliphatic heterocycles. The van der Waals surface area contributed by atoms with E-state index in [0.717, 1.165) is 43.1 Å². The maximum absolute atomic E-state index is 7.31. The first-order chi connectivity index (χ1) is 28.4. The Morgan fingerprint density at radius 1 is 0.362 bits per heavy atom. The summed E-state index contributed by atoms with van der Waals surface area (Å²) in [4.78, 5) is 8.27. The van der Waals surface area contributed by atoms with E-state index in [2.05, 4.69) is 52.0 Å². The maximum Gasteiger partial charge on any atom is 0.0672 e. The van der Waals surface area contributed by atoms with Gasteiger partial charge in [0.25, 0.3) is 0 Å². The van der Waals surface area contributed by atoms with Gasteiger partial charge >= 0.3 is 0 Å². The van der Waals surface area contributed by atoms with E-state index in [1.165, 1.54) is 220 Å². The smallest absolute Gasteiger partial charge is 0.0672 e. The zero-order valence-corrected chi connectivity index (χ0v) is 41.7. The Labute approximate surface area is 380 Å². The number of fused-ring (bicyclic) bond motifs is 2. The van der Waals surface area contributed by atoms with Crippen LogP contribution >= 0.6 is 68.5 Å². The largest absolute Gasteiger partial charge is 0.139 e. The van der Waals surface area contributed by atoms with Gasteiger partial charge in [0, 0.05) is 40.0 Å². The standard InChI is InChI=1S/C52H76Cl2S4/c1-5-7-9-11-13-15-17-19-21-23-25-27-29-31-33-41-35-39(3)55-49(41)45-37-43-47(53)52-44(48(54)51(43)57-45)38-46(58-52)50-42(36-40(4)56-50)34-32-30-28-26-24-22-20-18-16-14-12-10-8-6-2/h35-38H,5-34H2,1-4H3. The minimum absolute atomic E-state index is 0.872. The van der Waals surface area contributed by atoms with E-state index in [0.29, 0.717) is 0 Å². The first kappa shape index (κ1) is 48.2. The Kier molecular flexibility index (Phi) is 22.6. The van der Waals surface area contributed by atoms with E-state index in [1.807, 2.05) is 45.3 Å². The number of thiophene rings is 4. The van der Waals surface area contributed by atoms with Gasteiger partial charge in [-0.05, 0) is 74.9 Å². The number of aryl methyl sites for hydroxylation is 4. The number of unbranched alkanes of at least 4 members (excludes halogenated alkanes) is 26. The summed E-state index contributed by atoms with van der Waals surface area (Å²) < 4.78 is 2.27. The lowest BCUT2D eigenvalue weighted by Gasteiger charge is -2.04. The van der Waals surface area contributed by atoms with E-state index in [1.54, 1.807) is 0 Å². The van der Waals surface area contributed by atoms with Gasteiger partial charge in [0.1, 0.15) is 0 Å². The van der Waals surface area contributed by atoms with Crippen LogP contribution in [-0.2, 0) is 12.8 Å².